The van der Waals surface area contributed by atoms with Gasteiger partial charge in [0.15, 0.2) is 0 Å². The predicted molar refractivity (Wildman–Crippen MR) is 87.1 cm³/mol. The average molecular weight is 307 g/mol. The van der Waals surface area contributed by atoms with Crippen molar-refractivity contribution in [3.05, 3.63) is 58.9 Å². The maximum Gasteiger partial charge on any atom is 0.267 e. The lowest BCUT2D eigenvalue weighted by Gasteiger charge is -2.11. The number of hydrogen-bond acceptors (Lipinski definition) is 5. The van der Waals surface area contributed by atoms with Gasteiger partial charge in [-0.2, -0.15) is 0 Å². The Morgan fingerprint density at radius 3 is 2.52 bits per heavy atom. The van der Waals surface area contributed by atoms with Gasteiger partial charge in [-0.3, -0.25) is 4.79 Å². The molecule has 0 saturated carbocycles. The minimum absolute atomic E-state index is 0.175. The van der Waals surface area contributed by atoms with Crippen molar-refractivity contribution in [3.8, 4) is 11.4 Å². The van der Waals surface area contributed by atoms with Gasteiger partial charge < -0.3 is 10.5 Å². The van der Waals surface area contributed by atoms with Crippen molar-refractivity contribution < 1.29 is 4.74 Å². The number of fused-ring (bicyclic) bond motifs is 3. The van der Waals surface area contributed by atoms with Crippen molar-refractivity contribution >= 4 is 22.6 Å². The summed E-state index contributed by atoms with van der Waals surface area (Å²) in [6.07, 6.45) is 0. The zero-order chi connectivity index (χ0) is 16.0. The first-order valence-corrected chi connectivity index (χ1v) is 6.99. The van der Waals surface area contributed by atoms with Crippen LogP contribution in [0.2, 0.25) is 0 Å². The molecule has 7 heteroatoms. The minimum Gasteiger partial charge on any atom is -0.497 e. The fraction of sp³-hybridized carbons (Fsp3) is 0.0625. The highest BCUT2D eigenvalue weighted by Gasteiger charge is 2.15. The van der Waals surface area contributed by atoms with Crippen LogP contribution >= 0.6 is 0 Å². The van der Waals surface area contributed by atoms with Gasteiger partial charge in [0.2, 0.25) is 11.7 Å². The number of nitrogens with two attached hydrogens (primary N) is 1. The Kier molecular flexibility index (Phi) is 2.80. The molecule has 0 atom stereocenters. The van der Waals surface area contributed by atoms with Crippen LogP contribution in [0.25, 0.3) is 22.4 Å². The van der Waals surface area contributed by atoms with E-state index in [2.05, 4.69) is 10.2 Å². The summed E-state index contributed by atoms with van der Waals surface area (Å²) in [4.78, 5) is 12.9. The van der Waals surface area contributed by atoms with Crippen molar-refractivity contribution in [2.45, 2.75) is 0 Å². The topological polar surface area (TPSA) is 87.4 Å². The largest absolute Gasteiger partial charge is 0.497 e. The van der Waals surface area contributed by atoms with Gasteiger partial charge in [0.1, 0.15) is 5.75 Å². The summed E-state index contributed by atoms with van der Waals surface area (Å²) in [5, 5.41) is 8.52. The Morgan fingerprint density at radius 1 is 1.04 bits per heavy atom. The highest BCUT2D eigenvalue weighted by molar-refractivity contribution is 5.82. The highest BCUT2D eigenvalue weighted by Crippen LogP contribution is 2.20. The molecule has 0 unspecified atom stereocenters. The molecule has 0 amide bonds. The third-order valence-corrected chi connectivity index (χ3v) is 3.78. The number of anilines is 1. The number of ether oxygens (including phenoxy) is 1. The van der Waals surface area contributed by atoms with Crippen LogP contribution in [0, 0.1) is 0 Å². The molecular weight excluding hydrogens is 294 g/mol. The minimum atomic E-state index is -0.175. The lowest BCUT2D eigenvalue weighted by Crippen LogP contribution is -2.22. The second-order valence-electron chi connectivity index (χ2n) is 5.05. The van der Waals surface area contributed by atoms with Crippen molar-refractivity contribution in [2.75, 3.05) is 12.8 Å². The fourth-order valence-electron chi connectivity index (χ4n) is 2.69. The molecule has 0 saturated heterocycles. The second kappa shape index (κ2) is 4.84. The van der Waals surface area contributed by atoms with Gasteiger partial charge in [-0.1, -0.05) is 12.1 Å². The third kappa shape index (κ3) is 1.87. The van der Waals surface area contributed by atoms with Gasteiger partial charge >= 0.3 is 0 Å². The van der Waals surface area contributed by atoms with Gasteiger partial charge in [-0.15, -0.1) is 10.2 Å². The van der Waals surface area contributed by atoms with E-state index in [1.165, 1.54) is 4.57 Å². The highest BCUT2D eigenvalue weighted by atomic mass is 16.5. The van der Waals surface area contributed by atoms with Gasteiger partial charge in [0.05, 0.1) is 23.7 Å². The Morgan fingerprint density at radius 2 is 1.78 bits per heavy atom. The first-order chi connectivity index (χ1) is 11.2. The molecule has 0 aliphatic carbocycles. The number of nitrogens with zero attached hydrogens (tertiary/aromatic N) is 4. The predicted octanol–water partition coefficient (Wildman–Crippen LogP) is 1.62. The second-order valence-corrected chi connectivity index (χ2v) is 5.05. The van der Waals surface area contributed by atoms with E-state index in [-0.39, 0.29) is 11.5 Å². The summed E-state index contributed by atoms with van der Waals surface area (Å²) in [5.41, 5.74) is 7.11. The fourth-order valence-corrected chi connectivity index (χ4v) is 2.69. The molecule has 7 nitrogen and oxygen atoms in total. The molecule has 0 radical (unpaired) electrons. The standard InChI is InChI=1S/C16H13N5O2/c1-23-11-8-6-10(7-9-11)20-14(22)12-4-2-3-5-13(12)21-15(17)18-19-16(20)21/h2-9H,1H3,(H2,17,18). The molecule has 0 aliphatic heterocycles. The first-order valence-electron chi connectivity index (χ1n) is 6.99. The summed E-state index contributed by atoms with van der Waals surface area (Å²) in [6.45, 7) is 0. The van der Waals surface area contributed by atoms with Gasteiger partial charge in [0.25, 0.3) is 5.56 Å². The molecule has 0 fully saturated rings. The number of para-hydroxylation sites is 1. The van der Waals surface area contributed by atoms with E-state index in [1.807, 2.05) is 18.2 Å². The van der Waals surface area contributed by atoms with Gasteiger partial charge in [-0.25, -0.2) is 8.97 Å². The van der Waals surface area contributed by atoms with Crippen LogP contribution < -0.4 is 16.0 Å². The zero-order valence-electron chi connectivity index (χ0n) is 12.3. The maximum absolute atomic E-state index is 12.9. The molecule has 2 heterocycles. The smallest absolute Gasteiger partial charge is 0.267 e. The van der Waals surface area contributed by atoms with E-state index in [1.54, 1.807) is 41.8 Å². The van der Waals surface area contributed by atoms with Crippen molar-refractivity contribution in [1.29, 1.82) is 0 Å². The summed E-state index contributed by atoms with van der Waals surface area (Å²) >= 11 is 0. The van der Waals surface area contributed by atoms with E-state index in [4.69, 9.17) is 10.5 Å². The molecule has 0 spiro atoms. The molecule has 2 aromatic heterocycles. The van der Waals surface area contributed by atoms with E-state index < -0.39 is 0 Å². The van der Waals surface area contributed by atoms with Crippen LogP contribution in [0.15, 0.2) is 53.3 Å². The van der Waals surface area contributed by atoms with Crippen LogP contribution in [0.3, 0.4) is 0 Å². The van der Waals surface area contributed by atoms with Crippen LogP contribution in [-0.4, -0.2) is 26.3 Å². The molecule has 23 heavy (non-hydrogen) atoms. The number of nitrogen functional groups attached to an aromatic ring is 1. The maximum atomic E-state index is 12.9. The Hall–Kier alpha value is -3.35. The Labute approximate surface area is 130 Å². The molecule has 2 aromatic carbocycles. The van der Waals surface area contributed by atoms with E-state index in [9.17, 15) is 4.79 Å². The molecule has 4 aromatic rings. The monoisotopic (exact) mass is 307 g/mol. The molecule has 0 aliphatic rings. The van der Waals surface area contributed by atoms with Crippen LogP contribution in [0.1, 0.15) is 0 Å². The van der Waals surface area contributed by atoms with Crippen LogP contribution in [0.5, 0.6) is 5.75 Å². The summed E-state index contributed by atoms with van der Waals surface area (Å²) in [6, 6.07) is 14.4. The lowest BCUT2D eigenvalue weighted by atomic mass is 10.2. The molecule has 114 valence electrons. The van der Waals surface area contributed by atoms with Crippen molar-refractivity contribution in [2.24, 2.45) is 0 Å². The normalized spacial score (nSPS) is 11.2. The molecular formula is C16H13N5O2. The third-order valence-electron chi connectivity index (χ3n) is 3.78. The molecule has 0 bridgehead atoms. The van der Waals surface area contributed by atoms with Crippen molar-refractivity contribution in [1.82, 2.24) is 19.2 Å². The zero-order valence-corrected chi connectivity index (χ0v) is 12.3. The number of benzene rings is 2. The lowest BCUT2D eigenvalue weighted by molar-refractivity contribution is 0.414. The van der Waals surface area contributed by atoms with Gasteiger partial charge in [-0.05, 0) is 36.4 Å². The number of methoxy groups -OCH3 is 1. The van der Waals surface area contributed by atoms with Crippen molar-refractivity contribution in [3.63, 3.8) is 0 Å². The molecule has 4 rings (SSSR count). The van der Waals surface area contributed by atoms with Crippen LogP contribution in [-0.2, 0) is 0 Å². The van der Waals surface area contributed by atoms with E-state index >= 15 is 0 Å². The van der Waals surface area contributed by atoms with Crippen LogP contribution in [0.4, 0.5) is 5.95 Å². The number of aromatic nitrogens is 4. The molecule has 2 N–H and O–H groups in total. The number of hydrogen-bond donors (Lipinski definition) is 1. The van der Waals surface area contributed by atoms with E-state index in [0.29, 0.717) is 28.1 Å². The summed E-state index contributed by atoms with van der Waals surface area (Å²) < 4.78 is 8.32. The summed E-state index contributed by atoms with van der Waals surface area (Å²) in [7, 11) is 1.59. The average Bonchev–Trinajstić information content (AvgIpc) is 2.97. The Balaban J connectivity index is 2.16. The Bertz CT molecular complexity index is 1080. The van der Waals surface area contributed by atoms with E-state index in [0.717, 1.165) is 0 Å². The SMILES string of the molecule is COc1ccc(-n2c(=O)c3ccccc3n3c(N)nnc23)cc1. The summed E-state index contributed by atoms with van der Waals surface area (Å²) in [5.74, 6) is 1.31. The quantitative estimate of drug-likeness (QED) is 0.608. The van der Waals surface area contributed by atoms with Gasteiger partial charge in [0, 0.05) is 0 Å². The first kappa shape index (κ1) is 13.3. The number of rotatable bonds is 2.